The smallest absolute Gasteiger partial charge is 0.158 e. The average Bonchev–Trinajstić information content (AvgIpc) is 2.53. The van der Waals surface area contributed by atoms with Crippen LogP contribution in [0, 0.1) is 0 Å². The molecule has 2 atom stereocenters. The van der Waals surface area contributed by atoms with Crippen LogP contribution >= 0.6 is 0 Å². The van der Waals surface area contributed by atoms with Gasteiger partial charge in [-0.2, -0.15) is 0 Å². The largest absolute Gasteiger partial charge is 0.356 e. The van der Waals surface area contributed by atoms with E-state index in [0.717, 1.165) is 46.2 Å². The summed E-state index contributed by atoms with van der Waals surface area (Å²) in [4.78, 5) is 0. The number of methoxy groups -OCH3 is 2. The summed E-state index contributed by atoms with van der Waals surface area (Å²) in [7, 11) is 4.97. The summed E-state index contributed by atoms with van der Waals surface area (Å²) in [5.41, 5.74) is -1.99. The first-order chi connectivity index (χ1) is 11.4. The zero-order chi connectivity index (χ0) is 19.8. The number of hydrogen-bond donors (Lipinski definition) is 1. The summed E-state index contributed by atoms with van der Waals surface area (Å²) in [6.45, 7) is 14.3. The first-order valence-corrected chi connectivity index (χ1v) is 11.6. The van der Waals surface area contributed by atoms with Crippen LogP contribution < -0.4 is 5.32 Å². The van der Waals surface area contributed by atoms with Crippen molar-refractivity contribution in [1.82, 2.24) is 5.32 Å². The highest BCUT2D eigenvalue weighted by molar-refractivity contribution is 6.15. The predicted octanol–water partition coefficient (Wildman–Crippen LogP) is 1.10. The summed E-state index contributed by atoms with van der Waals surface area (Å²) >= 11 is 0. The first kappa shape index (κ1) is 25.2. The normalized spacial score (nSPS) is 18.2. The zero-order valence-corrected chi connectivity index (χ0v) is 22.4. The minimum atomic E-state index is -0.612. The van der Waals surface area contributed by atoms with Gasteiger partial charge in [0.2, 0.25) is 0 Å². The molecule has 0 radical (unpaired) electrons. The Hall–Kier alpha value is 0.234. The molecule has 1 N–H and O–H groups in total. The molecule has 25 heavy (non-hydrogen) atoms. The van der Waals surface area contributed by atoms with Crippen molar-refractivity contribution < 1.29 is 18.9 Å². The minimum absolute atomic E-state index is 0.381. The van der Waals surface area contributed by atoms with E-state index in [1.165, 1.54) is 0 Å². The summed E-state index contributed by atoms with van der Waals surface area (Å²) in [6, 6.07) is 0. The van der Waals surface area contributed by atoms with Gasteiger partial charge >= 0.3 is 0 Å². The van der Waals surface area contributed by atoms with Gasteiger partial charge in [-0.15, -0.1) is 0 Å². The molecule has 0 heterocycles. The molecule has 5 nitrogen and oxygen atoms in total. The fourth-order valence-electron chi connectivity index (χ4n) is 2.82. The van der Waals surface area contributed by atoms with E-state index in [0.29, 0.717) is 13.2 Å². The van der Waals surface area contributed by atoms with Crippen LogP contribution in [0.2, 0.25) is 0 Å². The highest BCUT2D eigenvalue weighted by Gasteiger charge is 2.50. The Labute approximate surface area is 161 Å². The van der Waals surface area contributed by atoms with Crippen molar-refractivity contribution in [1.29, 1.82) is 0 Å². The van der Waals surface area contributed by atoms with Gasteiger partial charge in [0.15, 0.2) is 10.8 Å². The number of unbranched alkanes of at least 4 members (excludes halogenated alkanes) is 2. The van der Waals surface area contributed by atoms with Gasteiger partial charge in [-0.25, -0.2) is 0 Å². The Bertz CT molecular complexity index is 348. The molecule has 7 heteroatoms. The molecule has 0 aliphatic heterocycles. The lowest BCUT2D eigenvalue weighted by atomic mass is 9.95. The highest BCUT2D eigenvalue weighted by Crippen LogP contribution is 2.32. The SMILES string of the molecule is CCCCOC([SiH3])(OC)C(C)(C)NC(C)(C)C([SiH3])(OC)OCCCC. The maximum atomic E-state index is 6.18. The second-order valence-electron chi connectivity index (χ2n) is 8.08. The second kappa shape index (κ2) is 10.5. The molecular formula is C18H43NO4Si2. The van der Waals surface area contributed by atoms with Gasteiger partial charge in [-0.05, 0) is 40.5 Å². The van der Waals surface area contributed by atoms with Crippen molar-refractivity contribution in [3.05, 3.63) is 0 Å². The highest BCUT2D eigenvalue weighted by atomic mass is 28.2. The van der Waals surface area contributed by atoms with E-state index in [4.69, 9.17) is 18.9 Å². The van der Waals surface area contributed by atoms with Crippen molar-refractivity contribution in [2.45, 2.75) is 89.1 Å². The molecular weight excluding hydrogens is 350 g/mol. The molecule has 0 aromatic carbocycles. The summed E-state index contributed by atoms with van der Waals surface area (Å²) in [5, 5.41) is 3.74. The van der Waals surface area contributed by atoms with Crippen LogP contribution in [0.4, 0.5) is 0 Å². The quantitative estimate of drug-likeness (QED) is 0.272. The molecule has 152 valence electrons. The third-order valence-electron chi connectivity index (χ3n) is 5.43. The Morgan fingerprint density at radius 2 is 1.04 bits per heavy atom. The van der Waals surface area contributed by atoms with Crippen LogP contribution in [-0.2, 0) is 18.9 Å². The van der Waals surface area contributed by atoms with E-state index in [1.54, 1.807) is 14.2 Å². The van der Waals surface area contributed by atoms with Gasteiger partial charge in [0.1, 0.15) is 0 Å². The molecule has 0 aliphatic carbocycles. The number of hydrogen-bond acceptors (Lipinski definition) is 5. The molecule has 0 saturated heterocycles. The number of rotatable bonds is 14. The topological polar surface area (TPSA) is 49.0 Å². The molecule has 2 unspecified atom stereocenters. The van der Waals surface area contributed by atoms with Crippen LogP contribution in [0.1, 0.15) is 67.2 Å². The van der Waals surface area contributed by atoms with Crippen LogP contribution in [0.5, 0.6) is 0 Å². The van der Waals surface area contributed by atoms with Crippen molar-refractivity contribution >= 4 is 20.5 Å². The first-order valence-electron chi connectivity index (χ1n) is 9.62. The van der Waals surface area contributed by atoms with Crippen molar-refractivity contribution in [3.63, 3.8) is 0 Å². The average molecular weight is 394 g/mol. The fourth-order valence-corrected chi connectivity index (χ4v) is 3.48. The van der Waals surface area contributed by atoms with Crippen LogP contribution in [0.15, 0.2) is 0 Å². The molecule has 0 aromatic rings. The molecule has 0 rings (SSSR count). The molecule has 0 spiro atoms. The lowest BCUT2D eigenvalue weighted by molar-refractivity contribution is -0.235. The van der Waals surface area contributed by atoms with Crippen LogP contribution in [0.3, 0.4) is 0 Å². The van der Waals surface area contributed by atoms with E-state index in [1.807, 2.05) is 0 Å². The van der Waals surface area contributed by atoms with E-state index < -0.39 is 10.8 Å². The van der Waals surface area contributed by atoms with Crippen LogP contribution in [0.25, 0.3) is 0 Å². The Kier molecular flexibility index (Phi) is 10.6. The third-order valence-corrected chi connectivity index (χ3v) is 9.32. The Balaban J connectivity index is 5.29. The van der Waals surface area contributed by atoms with Gasteiger partial charge in [0.05, 0.1) is 31.6 Å². The van der Waals surface area contributed by atoms with Crippen molar-refractivity contribution in [2.24, 2.45) is 0 Å². The van der Waals surface area contributed by atoms with Gasteiger partial charge in [0.25, 0.3) is 0 Å². The van der Waals surface area contributed by atoms with E-state index >= 15 is 0 Å². The minimum Gasteiger partial charge on any atom is -0.356 e. The summed E-state index contributed by atoms with van der Waals surface area (Å²) in [5.74, 6) is 0. The van der Waals surface area contributed by atoms with E-state index in [2.05, 4.69) is 46.9 Å². The maximum Gasteiger partial charge on any atom is 0.158 e. The molecule has 0 amide bonds. The van der Waals surface area contributed by atoms with E-state index in [9.17, 15) is 0 Å². The van der Waals surface area contributed by atoms with Crippen molar-refractivity contribution in [3.8, 4) is 0 Å². The van der Waals surface area contributed by atoms with Crippen LogP contribution in [-0.4, -0.2) is 69.8 Å². The maximum absolute atomic E-state index is 6.18. The Morgan fingerprint density at radius 1 is 0.720 bits per heavy atom. The van der Waals surface area contributed by atoms with Gasteiger partial charge < -0.3 is 18.9 Å². The lowest BCUT2D eigenvalue weighted by Gasteiger charge is -2.52. The molecule has 0 fully saturated rings. The Morgan fingerprint density at radius 3 is 1.28 bits per heavy atom. The van der Waals surface area contributed by atoms with Gasteiger partial charge in [-0.3, -0.25) is 5.32 Å². The van der Waals surface area contributed by atoms with E-state index in [-0.39, 0.29) is 11.1 Å². The number of ether oxygens (including phenoxy) is 4. The van der Waals surface area contributed by atoms with Crippen molar-refractivity contribution in [2.75, 3.05) is 27.4 Å². The monoisotopic (exact) mass is 393 g/mol. The number of nitrogens with one attached hydrogen (secondary N) is 1. The van der Waals surface area contributed by atoms with Gasteiger partial charge in [0, 0.05) is 27.4 Å². The molecule has 0 saturated carbocycles. The molecule has 0 aromatic heterocycles. The third kappa shape index (κ3) is 6.72. The predicted molar refractivity (Wildman–Crippen MR) is 112 cm³/mol. The fraction of sp³-hybridized carbons (Fsp3) is 1.00. The lowest BCUT2D eigenvalue weighted by Crippen LogP contribution is -2.73. The molecule has 0 bridgehead atoms. The summed E-state index contributed by atoms with van der Waals surface area (Å²) in [6.07, 6.45) is 4.30. The standard InChI is InChI=1S/C18H43NO4Si2/c1-9-11-13-22-17(24,20-7)15(3,4)19-16(5,6)18(25,21-8)23-14-12-10-2/h19H,9-14H2,1-8,24-25H3. The van der Waals surface area contributed by atoms with Gasteiger partial charge in [-0.1, -0.05) is 26.7 Å². The second-order valence-corrected chi connectivity index (χ2v) is 10.7. The zero-order valence-electron chi connectivity index (χ0n) is 18.4. The summed E-state index contributed by atoms with van der Waals surface area (Å²) < 4.78 is 24.1. The molecule has 0 aliphatic rings.